The highest BCUT2D eigenvalue weighted by Gasteiger charge is 2.27. The molecular formula is C27H36FN9O2. The highest BCUT2D eigenvalue weighted by molar-refractivity contribution is 6.03. The van der Waals surface area contributed by atoms with Gasteiger partial charge in [0.15, 0.2) is 17.2 Å². The lowest BCUT2D eigenvalue weighted by Crippen LogP contribution is -2.47. The zero-order chi connectivity index (χ0) is 27.5. The molecule has 2 amide bonds. The van der Waals surface area contributed by atoms with Crippen LogP contribution in [0, 0.1) is 11.7 Å². The zero-order valence-electron chi connectivity index (χ0n) is 22.3. The lowest BCUT2D eigenvalue weighted by Gasteiger charge is -2.31. The van der Waals surface area contributed by atoms with E-state index >= 15 is 0 Å². The Bertz CT molecular complexity index is 1330. The van der Waals surface area contributed by atoms with Crippen molar-refractivity contribution in [3.8, 4) is 0 Å². The van der Waals surface area contributed by atoms with E-state index in [-0.39, 0.29) is 29.4 Å². The van der Waals surface area contributed by atoms with Gasteiger partial charge in [-0.1, -0.05) is 13.8 Å². The first-order valence-electron chi connectivity index (χ1n) is 13.7. The standard InChI is InChI=1S/C27H36FN9O2/c1-15(2)11-20(29)26(38)34-18-7-5-17(6-8-18)33-24-12-22(32-16-3-4-16)25-31-14-23(37(25)36-24)27(39)35-21-9-10-30-13-19(21)28/h9-10,12-18,20,32H,3-8,11,29H2,1-2H3,(H,33,36)(H,34,38)(H,30,35,39)/t17?,18?,20-/m1/s1. The molecule has 3 heterocycles. The Morgan fingerprint density at radius 1 is 1.05 bits per heavy atom. The van der Waals surface area contributed by atoms with Gasteiger partial charge >= 0.3 is 0 Å². The third kappa shape index (κ3) is 6.62. The van der Waals surface area contributed by atoms with E-state index in [2.05, 4.69) is 50.2 Å². The van der Waals surface area contributed by atoms with Crippen molar-refractivity contribution >= 4 is 34.7 Å². The number of halogens is 1. The number of carbonyl (C=O) groups excluding carboxylic acids is 2. The first-order chi connectivity index (χ1) is 18.8. The molecule has 2 aliphatic carbocycles. The highest BCUT2D eigenvalue weighted by Crippen LogP contribution is 2.30. The molecule has 39 heavy (non-hydrogen) atoms. The molecule has 0 bridgehead atoms. The van der Waals surface area contributed by atoms with E-state index in [1.54, 1.807) is 0 Å². The van der Waals surface area contributed by atoms with Crippen LogP contribution in [0.1, 0.15) is 69.3 Å². The number of imidazole rings is 1. The number of hydrogen-bond donors (Lipinski definition) is 5. The Labute approximate surface area is 226 Å². The predicted molar refractivity (Wildman–Crippen MR) is 147 cm³/mol. The summed E-state index contributed by atoms with van der Waals surface area (Å²) in [4.78, 5) is 33.6. The van der Waals surface area contributed by atoms with E-state index in [9.17, 15) is 14.0 Å². The Balaban J connectivity index is 1.28. The maximum Gasteiger partial charge on any atom is 0.276 e. The number of aromatic nitrogens is 4. The number of anilines is 3. The molecule has 2 saturated carbocycles. The van der Waals surface area contributed by atoms with Crippen LogP contribution in [0.2, 0.25) is 0 Å². The fourth-order valence-electron chi connectivity index (χ4n) is 4.92. The summed E-state index contributed by atoms with van der Waals surface area (Å²) in [5, 5.41) is 17.3. The fraction of sp³-hybridized carbons (Fsp3) is 0.519. The first-order valence-corrected chi connectivity index (χ1v) is 13.7. The molecule has 6 N–H and O–H groups in total. The second kappa shape index (κ2) is 11.5. The van der Waals surface area contributed by atoms with Crippen molar-refractivity contribution in [1.82, 2.24) is 24.9 Å². The Morgan fingerprint density at radius 2 is 1.74 bits per heavy atom. The molecule has 0 radical (unpaired) electrons. The van der Waals surface area contributed by atoms with Gasteiger partial charge in [-0.05, 0) is 56.9 Å². The molecule has 0 spiro atoms. The fourth-order valence-corrected chi connectivity index (χ4v) is 4.92. The van der Waals surface area contributed by atoms with Gasteiger partial charge in [0, 0.05) is 30.4 Å². The van der Waals surface area contributed by atoms with E-state index in [1.807, 2.05) is 6.07 Å². The van der Waals surface area contributed by atoms with Crippen molar-refractivity contribution in [3.05, 3.63) is 42.2 Å². The first kappa shape index (κ1) is 26.8. The largest absolute Gasteiger partial charge is 0.379 e. The molecule has 0 unspecified atom stereocenters. The number of nitrogens with two attached hydrogens (primary N) is 1. The van der Waals surface area contributed by atoms with Gasteiger partial charge in [-0.2, -0.15) is 0 Å². The number of nitrogens with one attached hydrogen (secondary N) is 4. The number of hydrogen-bond acceptors (Lipinski definition) is 8. The summed E-state index contributed by atoms with van der Waals surface area (Å²) in [6, 6.07) is 3.47. The van der Waals surface area contributed by atoms with Crippen LogP contribution in [0.3, 0.4) is 0 Å². The summed E-state index contributed by atoms with van der Waals surface area (Å²) < 4.78 is 15.6. The van der Waals surface area contributed by atoms with Gasteiger partial charge in [0.1, 0.15) is 5.82 Å². The zero-order valence-corrected chi connectivity index (χ0v) is 22.3. The van der Waals surface area contributed by atoms with Crippen LogP contribution in [-0.4, -0.2) is 55.6 Å². The average molecular weight is 538 g/mol. The molecule has 11 nitrogen and oxygen atoms in total. The number of pyridine rings is 1. The van der Waals surface area contributed by atoms with Gasteiger partial charge in [0.2, 0.25) is 5.91 Å². The summed E-state index contributed by atoms with van der Waals surface area (Å²) in [7, 11) is 0. The minimum atomic E-state index is -0.625. The van der Waals surface area contributed by atoms with Crippen molar-refractivity contribution in [2.24, 2.45) is 11.7 Å². The molecule has 0 aromatic carbocycles. The van der Waals surface area contributed by atoms with Crippen LogP contribution in [0.4, 0.5) is 21.6 Å². The van der Waals surface area contributed by atoms with Crippen LogP contribution < -0.4 is 27.0 Å². The van der Waals surface area contributed by atoms with Crippen LogP contribution in [0.25, 0.3) is 5.65 Å². The van der Waals surface area contributed by atoms with Gasteiger partial charge in [0.05, 0.1) is 29.8 Å². The molecule has 2 fully saturated rings. The molecule has 2 aliphatic rings. The lowest BCUT2D eigenvalue weighted by molar-refractivity contribution is -0.123. The Morgan fingerprint density at radius 3 is 2.44 bits per heavy atom. The van der Waals surface area contributed by atoms with Gasteiger partial charge in [0.25, 0.3) is 5.91 Å². The summed E-state index contributed by atoms with van der Waals surface area (Å²) in [6.07, 6.45) is 10.1. The van der Waals surface area contributed by atoms with Gasteiger partial charge in [-0.25, -0.2) is 13.9 Å². The number of rotatable bonds is 10. The highest BCUT2D eigenvalue weighted by atomic mass is 19.1. The molecule has 3 aromatic rings. The summed E-state index contributed by atoms with van der Waals surface area (Å²) >= 11 is 0. The van der Waals surface area contributed by atoms with Crippen LogP contribution in [0.15, 0.2) is 30.7 Å². The number of fused-ring (bicyclic) bond motifs is 1. The van der Waals surface area contributed by atoms with Crippen molar-refractivity contribution < 1.29 is 14.0 Å². The second-order valence-electron chi connectivity index (χ2n) is 11.0. The average Bonchev–Trinajstić information content (AvgIpc) is 3.61. The van der Waals surface area contributed by atoms with Crippen LogP contribution in [0.5, 0.6) is 0 Å². The minimum absolute atomic E-state index is 0.0320. The lowest BCUT2D eigenvalue weighted by atomic mass is 9.90. The van der Waals surface area contributed by atoms with E-state index in [0.29, 0.717) is 29.8 Å². The Kier molecular flexibility index (Phi) is 7.92. The normalized spacial score (nSPS) is 20.0. The van der Waals surface area contributed by atoms with Crippen molar-refractivity contribution in [2.75, 3.05) is 16.0 Å². The summed E-state index contributed by atoms with van der Waals surface area (Å²) in [6.45, 7) is 4.11. The van der Waals surface area contributed by atoms with E-state index in [1.165, 1.54) is 23.0 Å². The van der Waals surface area contributed by atoms with Crippen molar-refractivity contribution in [3.63, 3.8) is 0 Å². The van der Waals surface area contributed by atoms with E-state index in [0.717, 1.165) is 50.4 Å². The molecule has 1 atom stereocenters. The summed E-state index contributed by atoms with van der Waals surface area (Å²) in [5.74, 6) is -0.255. The topological polar surface area (TPSA) is 151 Å². The monoisotopic (exact) mass is 537 g/mol. The number of amides is 2. The quantitative estimate of drug-likeness (QED) is 0.264. The van der Waals surface area contributed by atoms with E-state index in [4.69, 9.17) is 5.73 Å². The minimum Gasteiger partial charge on any atom is -0.379 e. The van der Waals surface area contributed by atoms with E-state index < -0.39 is 17.8 Å². The maximum atomic E-state index is 14.1. The molecule has 12 heteroatoms. The van der Waals surface area contributed by atoms with Gasteiger partial charge in [-0.15, -0.1) is 5.10 Å². The molecule has 0 aliphatic heterocycles. The third-order valence-electron chi connectivity index (χ3n) is 7.15. The SMILES string of the molecule is CC(C)C[C@@H](N)C(=O)NC1CCC(Nc2cc(NC3CC3)c3ncc(C(=O)Nc4ccncc4F)n3n2)CC1. The number of nitrogens with zero attached hydrogens (tertiary/aromatic N) is 4. The second-order valence-corrected chi connectivity index (χ2v) is 11.0. The van der Waals surface area contributed by atoms with Crippen LogP contribution in [-0.2, 0) is 4.79 Å². The van der Waals surface area contributed by atoms with Gasteiger partial charge in [-0.3, -0.25) is 14.6 Å². The number of carbonyl (C=O) groups is 2. The Hall–Kier alpha value is -3.80. The molecular weight excluding hydrogens is 501 g/mol. The van der Waals surface area contributed by atoms with Crippen molar-refractivity contribution in [1.29, 1.82) is 0 Å². The molecule has 208 valence electrons. The smallest absolute Gasteiger partial charge is 0.276 e. The van der Waals surface area contributed by atoms with Crippen molar-refractivity contribution in [2.45, 2.75) is 83.0 Å². The van der Waals surface area contributed by atoms with Gasteiger partial charge < -0.3 is 27.0 Å². The van der Waals surface area contributed by atoms with Crippen LogP contribution >= 0.6 is 0 Å². The molecule has 5 rings (SSSR count). The predicted octanol–water partition coefficient (Wildman–Crippen LogP) is 3.30. The molecule has 3 aromatic heterocycles. The molecule has 0 saturated heterocycles. The summed E-state index contributed by atoms with van der Waals surface area (Å²) in [5.41, 5.74) is 7.57. The maximum absolute atomic E-state index is 14.1. The third-order valence-corrected chi connectivity index (χ3v) is 7.15.